The number of hydrogen-bond donors (Lipinski definition) is 0. The van der Waals surface area contributed by atoms with Gasteiger partial charge in [0.1, 0.15) is 12.4 Å². The topological polar surface area (TPSA) is 73.1 Å². The van der Waals surface area contributed by atoms with Crippen molar-refractivity contribution in [1.82, 2.24) is 0 Å². The monoisotopic (exact) mass is 312 g/mol. The van der Waals surface area contributed by atoms with Crippen LogP contribution in [0.5, 0.6) is 5.75 Å². The highest BCUT2D eigenvalue weighted by Crippen LogP contribution is 2.21. The molecule has 5 heteroatoms. The zero-order valence-corrected chi connectivity index (χ0v) is 12.2. The Morgan fingerprint density at radius 1 is 1.18 bits per heavy atom. The maximum absolute atomic E-state index is 10.3. The molecule has 0 atom stereocenters. The van der Waals surface area contributed by atoms with Crippen LogP contribution in [0.15, 0.2) is 48.5 Å². The first kappa shape index (κ1) is 15.6. The molecule has 110 valence electrons. The second-order valence-electron chi connectivity index (χ2n) is 4.41. The Balaban J connectivity index is 2.18. The number of hydrogen-bond acceptors (Lipinski definition) is 4. The predicted molar refractivity (Wildman–Crippen MR) is 81.9 cm³/mol. The van der Waals surface area contributed by atoms with Gasteiger partial charge in [0, 0.05) is 5.02 Å². The molecule has 0 N–H and O–H groups in total. The first-order valence-electron chi connectivity index (χ1n) is 6.39. The summed E-state index contributed by atoms with van der Waals surface area (Å²) < 4.78 is 4.99. The fourth-order valence-corrected chi connectivity index (χ4v) is 1.90. The molecule has 2 aromatic carbocycles. The third-order valence-corrected chi connectivity index (χ3v) is 3.08. The largest absolute Gasteiger partial charge is 0.546 e. The number of carboxylic acid groups (broad SMARTS) is 1. The molecule has 0 saturated heterocycles. The Morgan fingerprint density at radius 3 is 2.36 bits per heavy atom. The SMILES string of the molecule is N#C/C(=C\c1ccc(OCC(=O)[O-])cc1)c1ccc(Cl)cc1. The van der Waals surface area contributed by atoms with Crippen molar-refractivity contribution >= 4 is 29.2 Å². The van der Waals surface area contributed by atoms with Crippen LogP contribution < -0.4 is 9.84 Å². The van der Waals surface area contributed by atoms with E-state index in [-0.39, 0.29) is 0 Å². The molecule has 2 aromatic rings. The molecule has 0 aliphatic rings. The third kappa shape index (κ3) is 4.37. The molecule has 0 spiro atoms. The number of carbonyl (C=O) groups is 1. The molecule has 0 fully saturated rings. The molecule has 0 aliphatic carbocycles. The van der Waals surface area contributed by atoms with Crippen LogP contribution in [0, 0.1) is 11.3 Å². The van der Waals surface area contributed by atoms with Crippen LogP contribution >= 0.6 is 11.6 Å². The van der Waals surface area contributed by atoms with Crippen LogP contribution in [0.3, 0.4) is 0 Å². The van der Waals surface area contributed by atoms with Gasteiger partial charge in [-0.15, -0.1) is 0 Å². The van der Waals surface area contributed by atoms with Gasteiger partial charge in [0.15, 0.2) is 0 Å². The van der Waals surface area contributed by atoms with Crippen molar-refractivity contribution in [1.29, 1.82) is 5.26 Å². The lowest BCUT2D eigenvalue weighted by atomic mass is 10.0. The van der Waals surface area contributed by atoms with Crippen LogP contribution in [0.4, 0.5) is 0 Å². The molecule has 0 aliphatic heterocycles. The van der Waals surface area contributed by atoms with Gasteiger partial charge in [-0.25, -0.2) is 0 Å². The van der Waals surface area contributed by atoms with Crippen molar-refractivity contribution in [3.05, 3.63) is 64.7 Å². The minimum absolute atomic E-state index is 0.423. The summed E-state index contributed by atoms with van der Waals surface area (Å²) in [4.78, 5) is 10.3. The number of ether oxygens (including phenoxy) is 1. The van der Waals surface area contributed by atoms with E-state index in [1.54, 1.807) is 54.6 Å². The number of nitriles is 1. The third-order valence-electron chi connectivity index (χ3n) is 2.82. The van der Waals surface area contributed by atoms with Gasteiger partial charge in [0.25, 0.3) is 0 Å². The number of benzene rings is 2. The zero-order chi connectivity index (χ0) is 15.9. The molecule has 0 radical (unpaired) electrons. The molecule has 0 heterocycles. The van der Waals surface area contributed by atoms with E-state index in [4.69, 9.17) is 16.3 Å². The van der Waals surface area contributed by atoms with Crippen molar-refractivity contribution in [3.63, 3.8) is 0 Å². The summed E-state index contributed by atoms with van der Waals surface area (Å²) in [6.07, 6.45) is 1.73. The predicted octanol–water partition coefficient (Wildman–Crippen LogP) is 2.53. The highest BCUT2D eigenvalue weighted by Gasteiger charge is 2.01. The molecule has 0 unspecified atom stereocenters. The molecule has 22 heavy (non-hydrogen) atoms. The molecule has 0 bridgehead atoms. The minimum atomic E-state index is -1.28. The molecule has 4 nitrogen and oxygen atoms in total. The molecule has 0 amide bonds. The average molecular weight is 313 g/mol. The van der Waals surface area contributed by atoms with Crippen molar-refractivity contribution in [2.75, 3.05) is 6.61 Å². The molecule has 0 aromatic heterocycles. The van der Waals surface area contributed by atoms with Crippen LogP contribution in [0.25, 0.3) is 11.6 Å². The lowest BCUT2D eigenvalue weighted by Crippen LogP contribution is -2.28. The molecular formula is C17H11ClNO3-. The smallest absolute Gasteiger partial charge is 0.128 e. The summed E-state index contributed by atoms with van der Waals surface area (Å²) in [6, 6.07) is 15.9. The van der Waals surface area contributed by atoms with Crippen LogP contribution in [-0.2, 0) is 4.79 Å². The summed E-state index contributed by atoms with van der Waals surface area (Å²) in [7, 11) is 0. The van der Waals surface area contributed by atoms with E-state index in [1.165, 1.54) is 0 Å². The van der Waals surface area contributed by atoms with Gasteiger partial charge in [0.05, 0.1) is 17.6 Å². The number of nitrogens with zero attached hydrogens (tertiary/aromatic N) is 1. The van der Waals surface area contributed by atoms with Gasteiger partial charge >= 0.3 is 0 Å². The Hall–Kier alpha value is -2.77. The minimum Gasteiger partial charge on any atom is -0.546 e. The van der Waals surface area contributed by atoms with Crippen molar-refractivity contribution < 1.29 is 14.6 Å². The van der Waals surface area contributed by atoms with Gasteiger partial charge in [-0.3, -0.25) is 0 Å². The van der Waals surface area contributed by atoms with Crippen molar-refractivity contribution in [2.45, 2.75) is 0 Å². The highest BCUT2D eigenvalue weighted by atomic mass is 35.5. The van der Waals surface area contributed by atoms with Crippen LogP contribution in [0.1, 0.15) is 11.1 Å². The van der Waals surface area contributed by atoms with E-state index in [0.717, 1.165) is 11.1 Å². The Labute approximate surface area is 132 Å². The lowest BCUT2D eigenvalue weighted by Gasteiger charge is -2.06. The summed E-state index contributed by atoms with van der Waals surface area (Å²) in [5, 5.41) is 20.2. The van der Waals surface area contributed by atoms with E-state index in [1.807, 2.05) is 0 Å². The van der Waals surface area contributed by atoms with Gasteiger partial charge < -0.3 is 14.6 Å². The van der Waals surface area contributed by atoms with E-state index in [9.17, 15) is 15.2 Å². The number of halogens is 1. The molecular weight excluding hydrogens is 302 g/mol. The van der Waals surface area contributed by atoms with Crippen molar-refractivity contribution in [2.24, 2.45) is 0 Å². The lowest BCUT2D eigenvalue weighted by molar-refractivity contribution is -0.307. The zero-order valence-electron chi connectivity index (χ0n) is 11.5. The fraction of sp³-hybridized carbons (Fsp3) is 0.0588. The maximum atomic E-state index is 10.3. The Bertz CT molecular complexity index is 728. The first-order valence-corrected chi connectivity index (χ1v) is 6.77. The van der Waals surface area contributed by atoms with E-state index < -0.39 is 12.6 Å². The number of rotatable bonds is 5. The Morgan fingerprint density at radius 2 is 1.82 bits per heavy atom. The summed E-state index contributed by atoms with van der Waals surface area (Å²) in [5.74, 6) is -0.857. The van der Waals surface area contributed by atoms with E-state index in [2.05, 4.69) is 6.07 Å². The van der Waals surface area contributed by atoms with Crippen LogP contribution in [0.2, 0.25) is 5.02 Å². The summed E-state index contributed by atoms with van der Waals surface area (Å²) >= 11 is 5.83. The van der Waals surface area contributed by atoms with Gasteiger partial charge in [-0.1, -0.05) is 35.9 Å². The van der Waals surface area contributed by atoms with Gasteiger partial charge in [-0.05, 0) is 41.5 Å². The standard InChI is InChI=1S/C17H12ClNO3/c18-15-5-3-13(4-6-15)14(10-19)9-12-1-7-16(8-2-12)22-11-17(20)21/h1-9H,11H2,(H,20,21)/p-1/b14-9+. The highest BCUT2D eigenvalue weighted by molar-refractivity contribution is 6.30. The molecule has 0 saturated carbocycles. The summed E-state index contributed by atoms with van der Waals surface area (Å²) in [5.41, 5.74) is 2.07. The second kappa shape index (κ2) is 7.30. The van der Waals surface area contributed by atoms with E-state index >= 15 is 0 Å². The Kier molecular flexibility index (Phi) is 5.18. The normalized spacial score (nSPS) is 10.8. The number of carbonyl (C=O) groups excluding carboxylic acids is 1. The maximum Gasteiger partial charge on any atom is 0.128 e. The number of carboxylic acids is 1. The number of aliphatic carboxylic acids is 1. The quantitative estimate of drug-likeness (QED) is 0.628. The van der Waals surface area contributed by atoms with Crippen molar-refractivity contribution in [3.8, 4) is 11.8 Å². The second-order valence-corrected chi connectivity index (χ2v) is 4.84. The number of allylic oxidation sites excluding steroid dienone is 1. The van der Waals surface area contributed by atoms with E-state index in [0.29, 0.717) is 16.3 Å². The average Bonchev–Trinajstić information content (AvgIpc) is 2.52. The summed E-state index contributed by atoms with van der Waals surface area (Å²) in [6.45, 7) is -0.497. The van der Waals surface area contributed by atoms with Gasteiger partial charge in [-0.2, -0.15) is 5.26 Å². The van der Waals surface area contributed by atoms with Gasteiger partial charge in [0.2, 0.25) is 0 Å². The first-order chi connectivity index (χ1) is 10.6. The fourth-order valence-electron chi connectivity index (χ4n) is 1.78. The molecule has 2 rings (SSSR count). The van der Waals surface area contributed by atoms with Crippen LogP contribution in [-0.4, -0.2) is 12.6 Å².